The van der Waals surface area contributed by atoms with Crippen molar-refractivity contribution >= 4 is 23.2 Å². The summed E-state index contributed by atoms with van der Waals surface area (Å²) in [7, 11) is 0. The average Bonchev–Trinajstić information content (AvgIpc) is 2.47. The number of hydrogen-bond donors (Lipinski definition) is 1. The zero-order valence-corrected chi connectivity index (χ0v) is 12.0. The molecule has 0 aliphatic heterocycles. The van der Waals surface area contributed by atoms with Crippen molar-refractivity contribution in [2.75, 3.05) is 5.32 Å². The number of nitrogens with one attached hydrogen (secondary N) is 1. The third kappa shape index (κ3) is 3.71. The van der Waals surface area contributed by atoms with Gasteiger partial charge in [-0.15, -0.1) is 0 Å². The summed E-state index contributed by atoms with van der Waals surface area (Å²) in [6.45, 7) is 1.60. The van der Waals surface area contributed by atoms with E-state index in [0.29, 0.717) is 11.4 Å². The Balaban J connectivity index is 2.21. The quantitative estimate of drug-likeness (QED) is 0.941. The van der Waals surface area contributed by atoms with Crippen LogP contribution in [-0.2, 0) is 11.4 Å². The minimum atomic E-state index is -0.273. The first kappa shape index (κ1) is 14.8. The second-order valence-electron chi connectivity index (χ2n) is 4.20. The van der Waals surface area contributed by atoms with Crippen molar-refractivity contribution in [2.24, 2.45) is 0 Å². The Kier molecular flexibility index (Phi) is 4.75. The predicted molar refractivity (Wildman–Crippen MR) is 79.0 cm³/mol. The monoisotopic (exact) mass is 301 g/mol. The average molecular weight is 302 g/mol. The van der Waals surface area contributed by atoms with Crippen LogP contribution in [0.2, 0.25) is 5.02 Å². The van der Waals surface area contributed by atoms with Crippen molar-refractivity contribution in [3.63, 3.8) is 0 Å². The number of halogens is 1. The van der Waals surface area contributed by atoms with E-state index in [0.717, 1.165) is 5.69 Å². The number of carbonyl (C=O) groups is 1. The summed E-state index contributed by atoms with van der Waals surface area (Å²) >= 11 is 6.14. The van der Waals surface area contributed by atoms with Crippen LogP contribution in [-0.4, -0.2) is 10.9 Å². The maximum atomic E-state index is 11.1. The van der Waals surface area contributed by atoms with Crippen LogP contribution in [0.15, 0.2) is 36.5 Å². The molecule has 2 rings (SSSR count). The molecule has 0 saturated carbocycles. The van der Waals surface area contributed by atoms with Gasteiger partial charge in [-0.25, -0.2) is 0 Å². The normalized spacial score (nSPS) is 9.76. The molecule has 1 aromatic heterocycles. The van der Waals surface area contributed by atoms with Crippen LogP contribution in [0, 0.1) is 11.3 Å². The van der Waals surface area contributed by atoms with E-state index in [-0.39, 0.29) is 23.1 Å². The summed E-state index contributed by atoms with van der Waals surface area (Å²) in [4.78, 5) is 15.2. The SMILES string of the molecule is CC(=O)Nc1ccc(OCc2ccccn2)c(Cl)c1C#N. The fourth-order valence-corrected chi connectivity index (χ4v) is 1.97. The molecule has 0 aliphatic rings. The Labute approximate surface area is 127 Å². The molecule has 0 spiro atoms. The minimum absolute atomic E-state index is 0.166. The third-order valence-electron chi connectivity index (χ3n) is 2.63. The highest BCUT2D eigenvalue weighted by Crippen LogP contribution is 2.33. The van der Waals surface area contributed by atoms with E-state index in [1.54, 1.807) is 18.3 Å². The second kappa shape index (κ2) is 6.73. The Morgan fingerprint density at radius 1 is 1.43 bits per heavy atom. The van der Waals surface area contributed by atoms with Gasteiger partial charge in [-0.3, -0.25) is 9.78 Å². The molecule has 0 fully saturated rings. The summed E-state index contributed by atoms with van der Waals surface area (Å²) in [5.74, 6) is 0.0951. The lowest BCUT2D eigenvalue weighted by Crippen LogP contribution is -2.08. The number of amides is 1. The number of hydrogen-bond acceptors (Lipinski definition) is 4. The van der Waals surface area contributed by atoms with Gasteiger partial charge in [-0.1, -0.05) is 17.7 Å². The van der Waals surface area contributed by atoms with E-state index in [1.807, 2.05) is 24.3 Å². The summed E-state index contributed by atoms with van der Waals surface area (Å²) in [5.41, 5.74) is 1.28. The first-order valence-electron chi connectivity index (χ1n) is 6.14. The molecule has 5 nitrogen and oxygen atoms in total. The van der Waals surface area contributed by atoms with Crippen LogP contribution < -0.4 is 10.1 Å². The van der Waals surface area contributed by atoms with Crippen molar-refractivity contribution in [3.8, 4) is 11.8 Å². The summed E-state index contributed by atoms with van der Waals surface area (Å²) < 4.78 is 5.57. The van der Waals surface area contributed by atoms with E-state index in [4.69, 9.17) is 21.6 Å². The lowest BCUT2D eigenvalue weighted by Gasteiger charge is -2.11. The molecule has 1 heterocycles. The number of nitriles is 1. The number of pyridine rings is 1. The van der Waals surface area contributed by atoms with Gasteiger partial charge in [0.2, 0.25) is 5.91 Å². The van der Waals surface area contributed by atoms with E-state index < -0.39 is 0 Å². The van der Waals surface area contributed by atoms with Crippen molar-refractivity contribution < 1.29 is 9.53 Å². The van der Waals surface area contributed by atoms with Gasteiger partial charge < -0.3 is 10.1 Å². The fourth-order valence-electron chi connectivity index (χ4n) is 1.71. The Morgan fingerprint density at radius 2 is 2.24 bits per heavy atom. The van der Waals surface area contributed by atoms with E-state index in [9.17, 15) is 4.79 Å². The Bertz CT molecular complexity index is 696. The highest BCUT2D eigenvalue weighted by molar-refractivity contribution is 6.33. The standard InChI is InChI=1S/C15H12ClN3O2/c1-10(20)19-13-5-6-14(15(16)12(13)8-17)21-9-11-4-2-3-7-18-11/h2-7H,9H2,1H3,(H,19,20). The van der Waals surface area contributed by atoms with Gasteiger partial charge in [0.15, 0.2) is 0 Å². The van der Waals surface area contributed by atoms with Crippen molar-refractivity contribution in [1.29, 1.82) is 5.26 Å². The van der Waals surface area contributed by atoms with Crippen LogP contribution in [0.4, 0.5) is 5.69 Å². The van der Waals surface area contributed by atoms with Gasteiger partial charge >= 0.3 is 0 Å². The van der Waals surface area contributed by atoms with Crippen LogP contribution in [0.3, 0.4) is 0 Å². The number of benzene rings is 1. The molecular formula is C15H12ClN3O2. The van der Waals surface area contributed by atoms with Gasteiger partial charge in [-0.05, 0) is 24.3 Å². The molecule has 21 heavy (non-hydrogen) atoms. The van der Waals surface area contributed by atoms with Gasteiger partial charge in [0.05, 0.1) is 16.9 Å². The smallest absolute Gasteiger partial charge is 0.221 e. The lowest BCUT2D eigenvalue weighted by molar-refractivity contribution is -0.114. The molecule has 0 radical (unpaired) electrons. The molecule has 0 aliphatic carbocycles. The first-order valence-corrected chi connectivity index (χ1v) is 6.52. The number of rotatable bonds is 4. The number of aromatic nitrogens is 1. The molecular weight excluding hydrogens is 290 g/mol. The Hall–Kier alpha value is -2.58. The van der Waals surface area contributed by atoms with Gasteiger partial charge in [0.25, 0.3) is 0 Å². The highest BCUT2D eigenvalue weighted by Gasteiger charge is 2.13. The summed E-state index contributed by atoms with van der Waals surface area (Å²) in [6, 6.07) is 10.6. The van der Waals surface area contributed by atoms with Crippen LogP contribution in [0.5, 0.6) is 5.75 Å². The molecule has 0 bridgehead atoms. The molecule has 0 atom stereocenters. The molecule has 0 unspecified atom stereocenters. The summed E-state index contributed by atoms with van der Waals surface area (Å²) in [5, 5.41) is 11.9. The number of carbonyl (C=O) groups excluding carboxylic acids is 1. The summed E-state index contributed by atoms with van der Waals surface area (Å²) in [6.07, 6.45) is 1.67. The molecule has 1 N–H and O–H groups in total. The van der Waals surface area contributed by atoms with Crippen molar-refractivity contribution in [2.45, 2.75) is 13.5 Å². The first-order chi connectivity index (χ1) is 10.1. The highest BCUT2D eigenvalue weighted by atomic mass is 35.5. The van der Waals surface area contributed by atoms with Gasteiger partial charge in [-0.2, -0.15) is 5.26 Å². The van der Waals surface area contributed by atoms with Crippen molar-refractivity contribution in [1.82, 2.24) is 4.98 Å². The predicted octanol–water partition coefficient (Wildman–Crippen LogP) is 3.14. The maximum absolute atomic E-state index is 11.1. The lowest BCUT2D eigenvalue weighted by atomic mass is 10.2. The number of ether oxygens (including phenoxy) is 1. The zero-order valence-electron chi connectivity index (χ0n) is 11.3. The van der Waals surface area contributed by atoms with E-state index >= 15 is 0 Å². The zero-order chi connectivity index (χ0) is 15.2. The minimum Gasteiger partial charge on any atom is -0.486 e. The molecule has 6 heteroatoms. The topological polar surface area (TPSA) is 75.0 Å². The number of nitrogens with zero attached hydrogens (tertiary/aromatic N) is 2. The molecule has 1 amide bonds. The van der Waals surface area contributed by atoms with Crippen molar-refractivity contribution in [3.05, 3.63) is 52.8 Å². The second-order valence-corrected chi connectivity index (χ2v) is 4.58. The fraction of sp³-hybridized carbons (Fsp3) is 0.133. The number of anilines is 1. The molecule has 2 aromatic rings. The van der Waals surface area contributed by atoms with Crippen LogP contribution in [0.25, 0.3) is 0 Å². The van der Waals surface area contributed by atoms with E-state index in [2.05, 4.69) is 10.3 Å². The van der Waals surface area contributed by atoms with Gasteiger partial charge in [0, 0.05) is 13.1 Å². The van der Waals surface area contributed by atoms with Crippen LogP contribution in [0.1, 0.15) is 18.2 Å². The largest absolute Gasteiger partial charge is 0.486 e. The Morgan fingerprint density at radius 3 is 2.86 bits per heavy atom. The molecule has 1 aromatic carbocycles. The molecule has 0 saturated heterocycles. The van der Waals surface area contributed by atoms with Crippen LogP contribution >= 0.6 is 11.6 Å². The van der Waals surface area contributed by atoms with Gasteiger partial charge in [0.1, 0.15) is 23.4 Å². The van der Waals surface area contributed by atoms with E-state index in [1.165, 1.54) is 6.92 Å². The molecule has 106 valence electrons. The maximum Gasteiger partial charge on any atom is 0.221 e. The third-order valence-corrected chi connectivity index (χ3v) is 3.01.